The van der Waals surface area contributed by atoms with Crippen molar-refractivity contribution >= 4 is 22.7 Å². The number of fused-ring (bicyclic) bond motifs is 1. The van der Waals surface area contributed by atoms with Crippen molar-refractivity contribution in [1.29, 1.82) is 0 Å². The van der Waals surface area contributed by atoms with E-state index < -0.39 is 12.1 Å². The van der Waals surface area contributed by atoms with Crippen molar-refractivity contribution in [3.05, 3.63) is 70.9 Å². The summed E-state index contributed by atoms with van der Waals surface area (Å²) in [5.74, 6) is -0.705. The lowest BCUT2D eigenvalue weighted by Gasteiger charge is -2.12. The third-order valence-electron chi connectivity index (χ3n) is 4.25. The van der Waals surface area contributed by atoms with Crippen LogP contribution in [0.3, 0.4) is 0 Å². The van der Waals surface area contributed by atoms with Crippen LogP contribution in [0.4, 0.5) is 0 Å². The van der Waals surface area contributed by atoms with Gasteiger partial charge in [0.25, 0.3) is 0 Å². The molecule has 0 radical (unpaired) electrons. The van der Waals surface area contributed by atoms with Gasteiger partial charge in [0, 0.05) is 22.7 Å². The highest BCUT2D eigenvalue weighted by atomic mass is 16.5. The first kappa shape index (κ1) is 16.0. The minimum Gasteiger partial charge on any atom is -0.451 e. The van der Waals surface area contributed by atoms with Gasteiger partial charge in [-0.25, -0.2) is 4.79 Å². The predicted molar refractivity (Wildman–Crippen MR) is 93.4 cm³/mol. The fraction of sp³-hybridized carbons (Fsp3) is 0.200. The molecular formula is C20H19NO3. The number of esters is 1. The maximum absolute atomic E-state index is 12.6. The van der Waals surface area contributed by atoms with Gasteiger partial charge in [0.2, 0.25) is 5.78 Å². The molecule has 0 amide bonds. The van der Waals surface area contributed by atoms with Gasteiger partial charge in [-0.05, 0) is 50.1 Å². The maximum atomic E-state index is 12.6. The van der Waals surface area contributed by atoms with Gasteiger partial charge in [-0.15, -0.1) is 0 Å². The van der Waals surface area contributed by atoms with Gasteiger partial charge in [0.15, 0.2) is 6.10 Å². The monoisotopic (exact) mass is 321 g/mol. The lowest BCUT2D eigenvalue weighted by molar-refractivity contribution is 0.0319. The SMILES string of the molecule is Cc1ccc(C(=O)O[C@H](C)C(=O)c2c[nH]c3ccccc23)cc1C. The zero-order valence-corrected chi connectivity index (χ0v) is 13.9. The maximum Gasteiger partial charge on any atom is 0.338 e. The number of carbonyl (C=O) groups excluding carboxylic acids is 2. The molecule has 0 aliphatic rings. The Kier molecular flexibility index (Phi) is 4.21. The van der Waals surface area contributed by atoms with Gasteiger partial charge in [0.05, 0.1) is 5.56 Å². The molecular weight excluding hydrogens is 302 g/mol. The first-order chi connectivity index (χ1) is 11.5. The van der Waals surface area contributed by atoms with E-state index in [0.717, 1.165) is 22.0 Å². The second-order valence-corrected chi connectivity index (χ2v) is 5.96. The summed E-state index contributed by atoms with van der Waals surface area (Å²) >= 11 is 0. The Bertz CT molecular complexity index is 924. The molecule has 0 unspecified atom stereocenters. The summed E-state index contributed by atoms with van der Waals surface area (Å²) in [4.78, 5) is 27.9. The van der Waals surface area contributed by atoms with Gasteiger partial charge in [-0.1, -0.05) is 24.3 Å². The van der Waals surface area contributed by atoms with Crippen LogP contribution in [0.25, 0.3) is 10.9 Å². The number of ketones is 1. The van der Waals surface area contributed by atoms with Crippen LogP contribution in [0.5, 0.6) is 0 Å². The summed E-state index contributed by atoms with van der Waals surface area (Å²) in [6.07, 6.45) is 0.811. The molecule has 24 heavy (non-hydrogen) atoms. The van der Waals surface area contributed by atoms with Gasteiger partial charge in [-0.3, -0.25) is 4.79 Å². The molecule has 1 atom stereocenters. The number of rotatable bonds is 4. The third-order valence-corrected chi connectivity index (χ3v) is 4.25. The van der Waals surface area contributed by atoms with Gasteiger partial charge >= 0.3 is 5.97 Å². The van der Waals surface area contributed by atoms with Crippen LogP contribution < -0.4 is 0 Å². The molecule has 0 spiro atoms. The van der Waals surface area contributed by atoms with Gasteiger partial charge in [-0.2, -0.15) is 0 Å². The summed E-state index contributed by atoms with van der Waals surface area (Å²) in [6, 6.07) is 12.9. The molecule has 0 saturated heterocycles. The van der Waals surface area contributed by atoms with Crippen molar-refractivity contribution in [2.75, 3.05) is 0 Å². The van der Waals surface area contributed by atoms with Crippen molar-refractivity contribution in [2.24, 2.45) is 0 Å². The van der Waals surface area contributed by atoms with Crippen molar-refractivity contribution in [2.45, 2.75) is 26.9 Å². The Labute approximate surface area is 140 Å². The first-order valence-corrected chi connectivity index (χ1v) is 7.86. The standard InChI is InChI=1S/C20H19NO3/c1-12-8-9-15(10-13(12)2)20(23)24-14(3)19(22)17-11-21-18-7-5-4-6-16(17)18/h4-11,14,21H,1-3H3/t14-/m1/s1. The number of nitrogens with one attached hydrogen (secondary N) is 1. The van der Waals surface area contributed by atoms with E-state index in [1.165, 1.54) is 0 Å². The number of para-hydroxylation sites is 1. The number of hydrogen-bond acceptors (Lipinski definition) is 3. The van der Waals surface area contributed by atoms with Crippen molar-refractivity contribution in [3.63, 3.8) is 0 Å². The zero-order valence-electron chi connectivity index (χ0n) is 13.9. The summed E-state index contributed by atoms with van der Waals surface area (Å²) < 4.78 is 5.36. The molecule has 4 heteroatoms. The smallest absolute Gasteiger partial charge is 0.338 e. The largest absolute Gasteiger partial charge is 0.451 e. The Morgan fingerprint density at radius 1 is 1.04 bits per heavy atom. The van der Waals surface area contributed by atoms with Crippen LogP contribution in [-0.2, 0) is 4.74 Å². The topological polar surface area (TPSA) is 59.2 Å². The number of carbonyl (C=O) groups is 2. The van der Waals surface area contributed by atoms with E-state index in [1.807, 2.05) is 44.2 Å². The summed E-state index contributed by atoms with van der Waals surface area (Å²) in [5.41, 5.74) is 3.99. The van der Waals surface area contributed by atoms with Crippen molar-refractivity contribution in [1.82, 2.24) is 4.98 Å². The Morgan fingerprint density at radius 2 is 1.79 bits per heavy atom. The van der Waals surface area contributed by atoms with E-state index >= 15 is 0 Å². The number of ether oxygens (including phenoxy) is 1. The van der Waals surface area contributed by atoms with E-state index in [2.05, 4.69) is 4.98 Å². The molecule has 0 bridgehead atoms. The number of aryl methyl sites for hydroxylation is 2. The highest BCUT2D eigenvalue weighted by molar-refractivity contribution is 6.10. The van der Waals surface area contributed by atoms with Crippen LogP contribution >= 0.6 is 0 Å². The Morgan fingerprint density at radius 3 is 2.54 bits per heavy atom. The van der Waals surface area contributed by atoms with Crippen LogP contribution in [0, 0.1) is 13.8 Å². The first-order valence-electron chi connectivity index (χ1n) is 7.86. The summed E-state index contributed by atoms with van der Waals surface area (Å²) in [6.45, 7) is 5.52. The van der Waals surface area contributed by atoms with Crippen molar-refractivity contribution < 1.29 is 14.3 Å². The average molecular weight is 321 g/mol. The molecule has 2 aromatic carbocycles. The number of aromatic amines is 1. The minimum absolute atomic E-state index is 0.218. The van der Waals surface area contributed by atoms with Crippen LogP contribution in [0.15, 0.2) is 48.7 Å². The second-order valence-electron chi connectivity index (χ2n) is 5.96. The lowest BCUT2D eigenvalue weighted by atomic mass is 10.1. The third kappa shape index (κ3) is 2.95. The quantitative estimate of drug-likeness (QED) is 0.578. The molecule has 122 valence electrons. The number of aromatic nitrogens is 1. The van der Waals surface area contributed by atoms with Crippen LogP contribution in [0.1, 0.15) is 38.8 Å². The zero-order chi connectivity index (χ0) is 17.3. The number of Topliss-reactive ketones (excluding diaryl/α,β-unsaturated/α-hetero) is 1. The van der Waals surface area contributed by atoms with E-state index in [-0.39, 0.29) is 5.78 Å². The fourth-order valence-corrected chi connectivity index (χ4v) is 2.64. The van der Waals surface area contributed by atoms with E-state index in [1.54, 1.807) is 25.3 Å². The fourth-order valence-electron chi connectivity index (χ4n) is 2.64. The van der Waals surface area contributed by atoms with Gasteiger partial charge in [0.1, 0.15) is 0 Å². The van der Waals surface area contributed by atoms with Crippen LogP contribution in [0.2, 0.25) is 0 Å². The molecule has 0 fully saturated rings. The molecule has 3 rings (SSSR count). The molecule has 1 heterocycles. The normalized spacial score (nSPS) is 12.1. The number of H-pyrrole nitrogens is 1. The number of hydrogen-bond donors (Lipinski definition) is 1. The van der Waals surface area contributed by atoms with E-state index in [4.69, 9.17) is 4.74 Å². The molecule has 0 saturated carbocycles. The molecule has 0 aliphatic heterocycles. The predicted octanol–water partition coefficient (Wildman–Crippen LogP) is 4.21. The highest BCUT2D eigenvalue weighted by Crippen LogP contribution is 2.20. The van der Waals surface area contributed by atoms with E-state index in [9.17, 15) is 9.59 Å². The second kappa shape index (κ2) is 6.32. The molecule has 3 aromatic rings. The molecule has 4 nitrogen and oxygen atoms in total. The molecule has 0 aliphatic carbocycles. The summed E-state index contributed by atoms with van der Waals surface area (Å²) in [5, 5.41) is 0.830. The lowest BCUT2D eigenvalue weighted by Crippen LogP contribution is -2.24. The van der Waals surface area contributed by atoms with Gasteiger partial charge < -0.3 is 9.72 Å². The molecule has 1 aromatic heterocycles. The average Bonchev–Trinajstić information content (AvgIpc) is 3.00. The minimum atomic E-state index is -0.849. The Balaban J connectivity index is 1.78. The highest BCUT2D eigenvalue weighted by Gasteiger charge is 2.22. The summed E-state index contributed by atoms with van der Waals surface area (Å²) in [7, 11) is 0. The Hall–Kier alpha value is -2.88. The van der Waals surface area contributed by atoms with Crippen molar-refractivity contribution in [3.8, 4) is 0 Å². The van der Waals surface area contributed by atoms with E-state index in [0.29, 0.717) is 11.1 Å². The number of benzene rings is 2. The molecule has 1 N–H and O–H groups in total. The van der Waals surface area contributed by atoms with Crippen LogP contribution in [-0.4, -0.2) is 22.8 Å².